The summed E-state index contributed by atoms with van der Waals surface area (Å²) in [5.74, 6) is 2.22. The predicted octanol–water partition coefficient (Wildman–Crippen LogP) is 1.76. The molecule has 0 spiro atoms. The van der Waals surface area contributed by atoms with Crippen molar-refractivity contribution >= 4 is 45.7 Å². The maximum atomic E-state index is 12.0. The van der Waals surface area contributed by atoms with Gasteiger partial charge in [-0.25, -0.2) is 8.42 Å². The van der Waals surface area contributed by atoms with Gasteiger partial charge in [0.05, 0.1) is 18.1 Å². The molecule has 3 N–H and O–H groups in total. The number of carbonyl (C=O) groups excluding carboxylic acids is 1. The highest BCUT2D eigenvalue weighted by atomic mass is 127. The van der Waals surface area contributed by atoms with Crippen molar-refractivity contribution in [1.29, 1.82) is 0 Å². The number of carbonyl (C=O) groups is 1. The number of aryl methyl sites for hydroxylation is 1. The highest BCUT2D eigenvalue weighted by Gasteiger charge is 2.28. The van der Waals surface area contributed by atoms with Crippen LogP contribution in [0.25, 0.3) is 0 Å². The molecule has 1 heterocycles. The highest BCUT2D eigenvalue weighted by Crippen LogP contribution is 2.30. The SMILES string of the molecule is CN=C(NCCC(=O)NC1CCS(=O)(=O)C1)NCc1ccc(C)cc1OCC1CC1.I. The van der Waals surface area contributed by atoms with Gasteiger partial charge in [-0.15, -0.1) is 24.0 Å². The van der Waals surface area contributed by atoms with E-state index < -0.39 is 9.84 Å². The second-order valence-corrected chi connectivity index (χ2v) is 10.4. The van der Waals surface area contributed by atoms with E-state index in [1.807, 2.05) is 6.92 Å². The fraction of sp³-hybridized carbons (Fsp3) is 0.619. The van der Waals surface area contributed by atoms with Gasteiger partial charge in [0.2, 0.25) is 5.91 Å². The average Bonchev–Trinajstić information content (AvgIpc) is 3.46. The molecule has 10 heteroatoms. The van der Waals surface area contributed by atoms with Crippen LogP contribution in [-0.4, -0.2) is 58.0 Å². The van der Waals surface area contributed by atoms with Gasteiger partial charge < -0.3 is 20.7 Å². The molecule has 31 heavy (non-hydrogen) atoms. The minimum absolute atomic E-state index is 0. The summed E-state index contributed by atoms with van der Waals surface area (Å²) >= 11 is 0. The first-order valence-corrected chi connectivity index (χ1v) is 12.3. The average molecular weight is 564 g/mol. The summed E-state index contributed by atoms with van der Waals surface area (Å²) in [5, 5.41) is 9.17. The van der Waals surface area contributed by atoms with Crippen LogP contribution in [0, 0.1) is 12.8 Å². The van der Waals surface area contributed by atoms with E-state index in [0.29, 0.717) is 31.4 Å². The fourth-order valence-corrected chi connectivity index (χ4v) is 5.01. The molecule has 1 aliphatic heterocycles. The highest BCUT2D eigenvalue weighted by molar-refractivity contribution is 14.0. The standard InChI is InChI=1S/C21H32N4O4S.HI/c1-15-3-6-17(19(11-15)29-13-16-4-5-16)12-24-21(22-2)23-9-7-20(26)25-18-8-10-30(27,28)14-18;/h3,6,11,16,18H,4-5,7-10,12-14H2,1-2H3,(H,25,26)(H2,22,23,24);1H. The van der Waals surface area contributed by atoms with Crippen LogP contribution in [0.1, 0.15) is 36.8 Å². The number of halogens is 1. The zero-order chi connectivity index (χ0) is 21.6. The van der Waals surface area contributed by atoms with Gasteiger partial charge >= 0.3 is 0 Å². The zero-order valence-electron chi connectivity index (χ0n) is 18.1. The summed E-state index contributed by atoms with van der Waals surface area (Å²) in [5.41, 5.74) is 2.22. The van der Waals surface area contributed by atoms with Crippen LogP contribution in [0.4, 0.5) is 0 Å². The topological polar surface area (TPSA) is 109 Å². The number of ether oxygens (including phenoxy) is 1. The van der Waals surface area contributed by atoms with E-state index in [0.717, 1.165) is 23.5 Å². The van der Waals surface area contributed by atoms with Gasteiger partial charge in [-0.2, -0.15) is 0 Å². The Kier molecular flexibility index (Phi) is 9.86. The minimum Gasteiger partial charge on any atom is -0.493 e. The van der Waals surface area contributed by atoms with Crippen molar-refractivity contribution in [2.75, 3.05) is 31.7 Å². The summed E-state index contributed by atoms with van der Waals surface area (Å²) < 4.78 is 29.0. The normalized spacial score (nSPS) is 19.9. The molecule has 174 valence electrons. The van der Waals surface area contributed by atoms with Crippen molar-refractivity contribution in [2.24, 2.45) is 10.9 Å². The molecule has 2 aliphatic rings. The van der Waals surface area contributed by atoms with E-state index in [2.05, 4.69) is 39.1 Å². The number of hydrogen-bond donors (Lipinski definition) is 3. The number of aliphatic imine (C=N–C) groups is 1. The molecule has 0 bridgehead atoms. The third kappa shape index (κ3) is 8.83. The number of benzene rings is 1. The van der Waals surface area contributed by atoms with Crippen molar-refractivity contribution in [1.82, 2.24) is 16.0 Å². The van der Waals surface area contributed by atoms with Gasteiger partial charge in [-0.3, -0.25) is 9.79 Å². The lowest BCUT2D eigenvalue weighted by molar-refractivity contribution is -0.121. The summed E-state index contributed by atoms with van der Waals surface area (Å²) in [6, 6.07) is 5.91. The van der Waals surface area contributed by atoms with Crippen molar-refractivity contribution in [3.05, 3.63) is 29.3 Å². The third-order valence-corrected chi connectivity index (χ3v) is 7.07. The molecule has 1 amide bonds. The first kappa shape index (κ1) is 25.7. The third-order valence-electron chi connectivity index (χ3n) is 5.31. The van der Waals surface area contributed by atoms with E-state index >= 15 is 0 Å². The van der Waals surface area contributed by atoms with Crippen LogP contribution in [-0.2, 0) is 21.2 Å². The largest absolute Gasteiger partial charge is 0.493 e. The number of rotatable bonds is 9. The van der Waals surface area contributed by atoms with Gasteiger partial charge in [-0.1, -0.05) is 12.1 Å². The molecule has 1 saturated heterocycles. The van der Waals surface area contributed by atoms with Crippen LogP contribution in [0.5, 0.6) is 5.75 Å². The quantitative estimate of drug-likeness (QED) is 0.240. The van der Waals surface area contributed by atoms with Gasteiger partial charge in [0.15, 0.2) is 15.8 Å². The molecule has 0 radical (unpaired) electrons. The van der Waals surface area contributed by atoms with Gasteiger partial charge in [-0.05, 0) is 43.7 Å². The minimum atomic E-state index is -2.99. The first-order chi connectivity index (χ1) is 14.3. The lowest BCUT2D eigenvalue weighted by Gasteiger charge is -2.16. The second kappa shape index (κ2) is 11.9. The molecule has 1 unspecified atom stereocenters. The Morgan fingerprint density at radius 3 is 2.65 bits per heavy atom. The lowest BCUT2D eigenvalue weighted by atomic mass is 10.1. The molecule has 1 aliphatic carbocycles. The zero-order valence-corrected chi connectivity index (χ0v) is 21.3. The summed E-state index contributed by atoms with van der Waals surface area (Å²) in [6.45, 7) is 3.78. The molecule has 1 saturated carbocycles. The molecule has 1 atom stereocenters. The Hall–Kier alpha value is -1.56. The molecule has 1 aromatic carbocycles. The molecule has 2 fully saturated rings. The number of hydrogen-bond acceptors (Lipinski definition) is 5. The van der Waals surface area contributed by atoms with E-state index in [-0.39, 0.29) is 53.9 Å². The van der Waals surface area contributed by atoms with Crippen LogP contribution in [0.15, 0.2) is 23.2 Å². The molecule has 8 nitrogen and oxygen atoms in total. The van der Waals surface area contributed by atoms with Crippen molar-refractivity contribution in [2.45, 2.75) is 45.2 Å². The number of nitrogens with one attached hydrogen (secondary N) is 3. The maximum Gasteiger partial charge on any atom is 0.222 e. The molecular weight excluding hydrogens is 531 g/mol. The lowest BCUT2D eigenvalue weighted by Crippen LogP contribution is -2.41. The first-order valence-electron chi connectivity index (χ1n) is 10.5. The van der Waals surface area contributed by atoms with Crippen LogP contribution >= 0.6 is 24.0 Å². The van der Waals surface area contributed by atoms with E-state index in [4.69, 9.17) is 4.74 Å². The van der Waals surface area contributed by atoms with Gasteiger partial charge in [0.1, 0.15) is 5.75 Å². The molecule has 3 rings (SSSR count). The Morgan fingerprint density at radius 2 is 2.00 bits per heavy atom. The van der Waals surface area contributed by atoms with E-state index in [9.17, 15) is 13.2 Å². The second-order valence-electron chi connectivity index (χ2n) is 8.14. The molecule has 1 aromatic rings. The number of amides is 1. The van der Waals surface area contributed by atoms with E-state index in [1.54, 1.807) is 7.05 Å². The Bertz CT molecular complexity index is 887. The summed E-state index contributed by atoms with van der Waals surface area (Å²) in [6.07, 6.45) is 3.24. The Balaban J connectivity index is 0.00000341. The van der Waals surface area contributed by atoms with Crippen molar-refractivity contribution in [3.63, 3.8) is 0 Å². The van der Waals surface area contributed by atoms with Crippen LogP contribution in [0.2, 0.25) is 0 Å². The number of guanidine groups is 1. The smallest absolute Gasteiger partial charge is 0.222 e. The molecular formula is C21H33IN4O4S. The van der Waals surface area contributed by atoms with Crippen molar-refractivity contribution in [3.8, 4) is 5.75 Å². The van der Waals surface area contributed by atoms with E-state index in [1.165, 1.54) is 12.8 Å². The Labute approximate surface area is 201 Å². The molecule has 0 aromatic heterocycles. The number of sulfone groups is 1. The monoisotopic (exact) mass is 564 g/mol. The Morgan fingerprint density at radius 1 is 1.23 bits per heavy atom. The summed E-state index contributed by atoms with van der Waals surface area (Å²) in [4.78, 5) is 16.2. The maximum absolute atomic E-state index is 12.0. The van der Waals surface area contributed by atoms with Gasteiger partial charge in [0, 0.05) is 38.2 Å². The van der Waals surface area contributed by atoms with Crippen molar-refractivity contribution < 1.29 is 17.9 Å². The summed E-state index contributed by atoms with van der Waals surface area (Å²) in [7, 11) is -1.32. The number of nitrogens with zero attached hydrogens (tertiary/aromatic N) is 1. The van der Waals surface area contributed by atoms with Crippen LogP contribution in [0.3, 0.4) is 0 Å². The predicted molar refractivity (Wildman–Crippen MR) is 133 cm³/mol. The fourth-order valence-electron chi connectivity index (χ4n) is 3.34. The van der Waals surface area contributed by atoms with Gasteiger partial charge in [0.25, 0.3) is 0 Å². The van der Waals surface area contributed by atoms with Crippen LogP contribution < -0.4 is 20.7 Å².